The molecule has 0 saturated heterocycles. The summed E-state index contributed by atoms with van der Waals surface area (Å²) in [5.74, 6) is 0.125. The Morgan fingerprint density at radius 3 is 2.10 bits per heavy atom. The van der Waals surface area contributed by atoms with Gasteiger partial charge in [-0.15, -0.1) is 0 Å². The highest BCUT2D eigenvalue weighted by Crippen LogP contribution is 2.41. The molecule has 1 aromatic carbocycles. The molecule has 20 heavy (non-hydrogen) atoms. The molecule has 1 aliphatic carbocycles. The summed E-state index contributed by atoms with van der Waals surface area (Å²) in [4.78, 5) is 11.5. The van der Waals surface area contributed by atoms with E-state index >= 15 is 0 Å². The van der Waals surface area contributed by atoms with E-state index in [-0.39, 0.29) is 11.2 Å². The van der Waals surface area contributed by atoms with E-state index in [4.69, 9.17) is 0 Å². The Morgan fingerprint density at radius 2 is 1.65 bits per heavy atom. The first-order chi connectivity index (χ1) is 8.97. The molecular formula is C16H25FOSi2. The van der Waals surface area contributed by atoms with E-state index in [0.29, 0.717) is 18.6 Å². The van der Waals surface area contributed by atoms with E-state index in [9.17, 15) is 9.18 Å². The van der Waals surface area contributed by atoms with Crippen LogP contribution in [0.4, 0.5) is 4.39 Å². The van der Waals surface area contributed by atoms with E-state index in [1.807, 2.05) is 6.07 Å². The van der Waals surface area contributed by atoms with E-state index in [0.717, 1.165) is 5.56 Å². The van der Waals surface area contributed by atoms with Crippen LogP contribution < -0.4 is 5.19 Å². The second-order valence-corrected chi connectivity index (χ2v) is 24.6. The quantitative estimate of drug-likeness (QED) is 0.777. The third kappa shape index (κ3) is 2.44. The first-order valence-corrected chi connectivity index (χ1v) is 14.8. The summed E-state index contributed by atoms with van der Waals surface area (Å²) in [5, 5.41) is 1.37. The maximum Gasteiger partial charge on any atom is 0.134 e. The molecule has 0 bridgehead atoms. The number of rotatable bonds is 3. The zero-order valence-corrected chi connectivity index (χ0v) is 15.4. The average Bonchev–Trinajstić information content (AvgIpc) is 2.25. The van der Waals surface area contributed by atoms with Crippen LogP contribution in [0.2, 0.25) is 32.7 Å². The van der Waals surface area contributed by atoms with Crippen LogP contribution in [0.15, 0.2) is 18.2 Å². The van der Waals surface area contributed by atoms with Crippen LogP contribution in [-0.4, -0.2) is 21.0 Å². The van der Waals surface area contributed by atoms with Gasteiger partial charge in [-0.1, -0.05) is 50.9 Å². The number of hydrogen-bond acceptors (Lipinski definition) is 1. The third-order valence-electron chi connectivity index (χ3n) is 5.35. The van der Waals surface area contributed by atoms with Crippen LogP contribution in [0.25, 0.3) is 0 Å². The van der Waals surface area contributed by atoms with Gasteiger partial charge >= 0.3 is 0 Å². The van der Waals surface area contributed by atoms with Gasteiger partial charge < -0.3 is 0 Å². The minimum absolute atomic E-state index is 0.140. The lowest BCUT2D eigenvalue weighted by Gasteiger charge is -2.44. The minimum atomic E-state index is -1.60. The van der Waals surface area contributed by atoms with E-state index in [1.165, 1.54) is 5.19 Å². The Balaban J connectivity index is 2.58. The number of halogens is 1. The lowest BCUT2D eigenvalue weighted by Crippen LogP contribution is -2.63. The van der Waals surface area contributed by atoms with Crippen LogP contribution in [0.5, 0.6) is 0 Å². The molecule has 0 N–H and O–H groups in total. The number of carbonyl (C=O) groups excluding carboxylic acids is 1. The maximum atomic E-state index is 13.8. The SMILES string of the molecule is CC1(c2cc(F)ccc2[Si](C)(C)[Si](C)(C)C)CC(=O)C1. The van der Waals surface area contributed by atoms with Crippen molar-refractivity contribution in [1.29, 1.82) is 0 Å². The van der Waals surface area contributed by atoms with Crippen LogP contribution in [0, 0.1) is 5.82 Å². The Bertz CT molecular complexity index is 550. The van der Waals surface area contributed by atoms with Crippen molar-refractivity contribution in [1.82, 2.24) is 0 Å². The molecule has 0 radical (unpaired) electrons. The smallest absolute Gasteiger partial charge is 0.134 e. The van der Waals surface area contributed by atoms with Crippen molar-refractivity contribution >= 4 is 26.2 Å². The van der Waals surface area contributed by atoms with Gasteiger partial charge in [-0.25, -0.2) is 4.39 Å². The van der Waals surface area contributed by atoms with E-state index in [1.54, 1.807) is 12.1 Å². The summed E-state index contributed by atoms with van der Waals surface area (Å²) >= 11 is 0. The highest BCUT2D eigenvalue weighted by atomic mass is 29.3. The fourth-order valence-electron chi connectivity index (χ4n) is 2.97. The fraction of sp³-hybridized carbons (Fsp3) is 0.562. The Labute approximate surface area is 123 Å². The van der Waals surface area contributed by atoms with Gasteiger partial charge in [0, 0.05) is 25.8 Å². The fourth-order valence-corrected chi connectivity index (χ4v) is 8.41. The van der Waals surface area contributed by atoms with Crippen molar-refractivity contribution in [3.8, 4) is 0 Å². The molecule has 1 fully saturated rings. The molecule has 0 heterocycles. The minimum Gasteiger partial charge on any atom is -0.300 e. The number of ketones is 1. The first-order valence-electron chi connectivity index (χ1n) is 7.30. The molecule has 1 nitrogen and oxygen atoms in total. The normalized spacial score (nSPS) is 18.9. The van der Waals surface area contributed by atoms with Gasteiger partial charge in [0.1, 0.15) is 11.6 Å². The standard InChI is InChI=1S/C16H25FOSi2/c1-16(10-13(18)11-16)14-9-12(17)7-8-15(14)20(5,6)19(2,3)4/h7-9H,10-11H2,1-6H3. The average molecular weight is 309 g/mol. The molecule has 0 aromatic heterocycles. The Morgan fingerprint density at radius 1 is 1.10 bits per heavy atom. The summed E-state index contributed by atoms with van der Waals surface area (Å²) in [6, 6.07) is 5.29. The van der Waals surface area contributed by atoms with Crippen LogP contribution in [0.3, 0.4) is 0 Å². The van der Waals surface area contributed by atoms with Crippen LogP contribution in [0.1, 0.15) is 25.3 Å². The van der Waals surface area contributed by atoms with Crippen molar-refractivity contribution in [2.45, 2.75) is 57.9 Å². The summed E-state index contributed by atoms with van der Waals surface area (Å²) in [6.07, 6.45) is 1.14. The molecule has 0 spiro atoms. The summed E-state index contributed by atoms with van der Waals surface area (Å²) in [7, 11) is -2.93. The van der Waals surface area contributed by atoms with E-state index in [2.05, 4.69) is 39.7 Å². The second kappa shape index (κ2) is 4.63. The predicted molar refractivity (Wildman–Crippen MR) is 88.5 cm³/mol. The summed E-state index contributed by atoms with van der Waals surface area (Å²) in [6.45, 7) is 14.1. The maximum absolute atomic E-state index is 13.8. The number of benzene rings is 1. The first kappa shape index (κ1) is 15.6. The van der Waals surface area contributed by atoms with Gasteiger partial charge in [0.05, 0.1) is 7.59 Å². The zero-order valence-electron chi connectivity index (χ0n) is 13.4. The zero-order chi connectivity index (χ0) is 15.3. The highest BCUT2D eigenvalue weighted by Gasteiger charge is 2.46. The van der Waals surface area contributed by atoms with Gasteiger partial charge in [0.15, 0.2) is 0 Å². The van der Waals surface area contributed by atoms with Gasteiger partial charge in [0.2, 0.25) is 0 Å². The van der Waals surface area contributed by atoms with Crippen LogP contribution >= 0.6 is 0 Å². The number of Topliss-reactive ketones (excluding diaryl/α,β-unsaturated/α-hetero) is 1. The summed E-state index contributed by atoms with van der Waals surface area (Å²) in [5.41, 5.74) is 0.967. The third-order valence-corrected chi connectivity index (χ3v) is 22.9. The molecule has 0 atom stereocenters. The van der Waals surface area contributed by atoms with Gasteiger partial charge in [-0.2, -0.15) is 0 Å². The molecular weight excluding hydrogens is 283 g/mol. The monoisotopic (exact) mass is 308 g/mol. The summed E-state index contributed by atoms with van der Waals surface area (Å²) < 4.78 is 13.8. The molecule has 4 heteroatoms. The molecule has 1 aromatic rings. The van der Waals surface area contributed by atoms with Gasteiger partial charge in [0.25, 0.3) is 0 Å². The second-order valence-electron chi connectivity index (χ2n) is 8.02. The van der Waals surface area contributed by atoms with Gasteiger partial charge in [-0.3, -0.25) is 4.79 Å². The molecule has 110 valence electrons. The van der Waals surface area contributed by atoms with Crippen LogP contribution in [-0.2, 0) is 10.2 Å². The topological polar surface area (TPSA) is 17.1 Å². The van der Waals surface area contributed by atoms with Crippen molar-refractivity contribution in [2.75, 3.05) is 0 Å². The molecule has 0 aliphatic heterocycles. The van der Waals surface area contributed by atoms with Crippen molar-refractivity contribution in [2.24, 2.45) is 0 Å². The largest absolute Gasteiger partial charge is 0.300 e. The Kier molecular flexibility index (Phi) is 3.62. The molecule has 0 unspecified atom stereocenters. The lowest BCUT2D eigenvalue weighted by molar-refractivity contribution is -0.127. The highest BCUT2D eigenvalue weighted by molar-refractivity contribution is 7.45. The molecule has 1 saturated carbocycles. The molecule has 1 aliphatic rings. The predicted octanol–water partition coefficient (Wildman–Crippen LogP) is 3.78. The van der Waals surface area contributed by atoms with Gasteiger partial charge in [-0.05, 0) is 17.7 Å². The number of carbonyl (C=O) groups is 1. The Hall–Kier alpha value is -0.746. The van der Waals surface area contributed by atoms with Crippen molar-refractivity contribution in [3.05, 3.63) is 29.6 Å². The number of hydrogen-bond donors (Lipinski definition) is 0. The van der Waals surface area contributed by atoms with E-state index < -0.39 is 15.2 Å². The molecule has 2 rings (SSSR count). The molecule has 0 amide bonds. The van der Waals surface area contributed by atoms with Crippen molar-refractivity contribution in [3.63, 3.8) is 0 Å². The van der Waals surface area contributed by atoms with Crippen molar-refractivity contribution < 1.29 is 9.18 Å². The lowest BCUT2D eigenvalue weighted by atomic mass is 9.65.